The summed E-state index contributed by atoms with van der Waals surface area (Å²) in [5, 5.41) is 0. The molecule has 0 saturated carbocycles. The van der Waals surface area contributed by atoms with Gasteiger partial charge in [-0.15, -0.1) is 0 Å². The lowest BCUT2D eigenvalue weighted by Gasteiger charge is -2.25. The van der Waals surface area contributed by atoms with Crippen LogP contribution < -0.4 is 0 Å². The zero-order chi connectivity index (χ0) is 10.9. The molecule has 1 fully saturated rings. The zero-order valence-corrected chi connectivity index (χ0v) is 9.54. The molecule has 1 rings (SSSR count). The lowest BCUT2D eigenvalue weighted by molar-refractivity contribution is -0.148. The molecule has 88 valence electrons. The fraction of sp³-hybridized carbons (Fsp3) is 0.909. The van der Waals surface area contributed by atoms with E-state index < -0.39 is 0 Å². The molecule has 1 aliphatic heterocycles. The van der Waals surface area contributed by atoms with Gasteiger partial charge in [0.15, 0.2) is 0 Å². The second kappa shape index (κ2) is 7.65. The predicted molar refractivity (Wildman–Crippen MR) is 57.7 cm³/mol. The van der Waals surface area contributed by atoms with Crippen LogP contribution >= 0.6 is 0 Å². The van der Waals surface area contributed by atoms with Crippen molar-refractivity contribution < 1.29 is 14.3 Å². The minimum atomic E-state index is -0.267. The number of ether oxygens (including phenoxy) is 2. The number of carbonyl (C=O) groups excluding carboxylic acids is 1. The topological polar surface area (TPSA) is 38.8 Å². The third-order valence-corrected chi connectivity index (χ3v) is 2.53. The summed E-state index contributed by atoms with van der Waals surface area (Å²) < 4.78 is 9.99. The fourth-order valence-corrected chi connectivity index (χ4v) is 1.73. The molecule has 0 aliphatic carbocycles. The van der Waals surface area contributed by atoms with Gasteiger partial charge >= 0.3 is 5.97 Å². The van der Waals surface area contributed by atoms with E-state index in [4.69, 9.17) is 9.47 Å². The van der Waals surface area contributed by atoms with Crippen molar-refractivity contribution in [2.75, 3.05) is 39.5 Å². The van der Waals surface area contributed by atoms with E-state index in [2.05, 4.69) is 4.90 Å². The van der Waals surface area contributed by atoms with Gasteiger partial charge in [0.25, 0.3) is 0 Å². The Morgan fingerprint density at radius 1 is 1.27 bits per heavy atom. The van der Waals surface area contributed by atoms with E-state index in [0.29, 0.717) is 13.2 Å². The van der Waals surface area contributed by atoms with Crippen molar-refractivity contribution in [2.45, 2.75) is 26.2 Å². The van der Waals surface area contributed by atoms with Crippen molar-refractivity contribution >= 4 is 5.97 Å². The van der Waals surface area contributed by atoms with E-state index in [0.717, 1.165) is 6.54 Å². The molecule has 0 unspecified atom stereocenters. The molecule has 15 heavy (non-hydrogen) atoms. The first kappa shape index (κ1) is 12.5. The van der Waals surface area contributed by atoms with Crippen LogP contribution in [0.5, 0.6) is 0 Å². The third kappa shape index (κ3) is 5.74. The Balaban J connectivity index is 1.93. The second-order valence-corrected chi connectivity index (χ2v) is 3.76. The Morgan fingerprint density at radius 3 is 2.67 bits per heavy atom. The van der Waals surface area contributed by atoms with E-state index in [1.807, 2.05) is 0 Å². The van der Waals surface area contributed by atoms with Crippen molar-refractivity contribution in [2.24, 2.45) is 0 Å². The van der Waals surface area contributed by atoms with Crippen molar-refractivity contribution in [3.63, 3.8) is 0 Å². The van der Waals surface area contributed by atoms with Crippen LogP contribution in [0.4, 0.5) is 0 Å². The highest BCUT2D eigenvalue weighted by molar-refractivity contribution is 5.70. The fourth-order valence-electron chi connectivity index (χ4n) is 1.73. The lowest BCUT2D eigenvalue weighted by atomic mass is 10.1. The summed E-state index contributed by atoms with van der Waals surface area (Å²) in [7, 11) is 0. The van der Waals surface area contributed by atoms with Gasteiger partial charge in [-0.25, -0.2) is 4.79 Å². The Morgan fingerprint density at radius 2 is 2.00 bits per heavy atom. The molecule has 4 heteroatoms. The van der Waals surface area contributed by atoms with Gasteiger partial charge in [0.2, 0.25) is 0 Å². The summed E-state index contributed by atoms with van der Waals surface area (Å²) in [4.78, 5) is 13.3. The Kier molecular flexibility index (Phi) is 6.36. The zero-order valence-electron chi connectivity index (χ0n) is 9.54. The van der Waals surface area contributed by atoms with Gasteiger partial charge in [-0.2, -0.15) is 0 Å². The number of esters is 1. The van der Waals surface area contributed by atoms with Crippen molar-refractivity contribution in [3.8, 4) is 0 Å². The maximum Gasteiger partial charge on any atom is 0.332 e. The van der Waals surface area contributed by atoms with Crippen LogP contribution in [0.25, 0.3) is 0 Å². The van der Waals surface area contributed by atoms with Crippen molar-refractivity contribution in [3.05, 3.63) is 0 Å². The largest absolute Gasteiger partial charge is 0.464 e. The normalized spacial score (nSPS) is 17.7. The highest BCUT2D eigenvalue weighted by Crippen LogP contribution is 2.07. The van der Waals surface area contributed by atoms with Crippen molar-refractivity contribution in [1.82, 2.24) is 4.90 Å². The highest BCUT2D eigenvalue weighted by Gasteiger charge is 2.09. The standard InChI is InChI=1S/C11H21NO3/c1-2-15-11(13)10-14-9-8-12-6-4-3-5-7-12/h2-10H2,1H3. The van der Waals surface area contributed by atoms with E-state index in [1.54, 1.807) is 6.92 Å². The Bertz CT molecular complexity index is 179. The number of hydrogen-bond donors (Lipinski definition) is 0. The molecule has 1 heterocycles. The number of hydrogen-bond acceptors (Lipinski definition) is 4. The van der Waals surface area contributed by atoms with Crippen LogP contribution in [0.2, 0.25) is 0 Å². The number of likely N-dealkylation sites (tertiary alicyclic amines) is 1. The van der Waals surface area contributed by atoms with Gasteiger partial charge in [0, 0.05) is 6.54 Å². The van der Waals surface area contributed by atoms with Crippen LogP contribution in [0.15, 0.2) is 0 Å². The first-order valence-corrected chi connectivity index (χ1v) is 5.78. The molecule has 0 aromatic rings. The summed E-state index contributed by atoms with van der Waals surface area (Å²) in [6, 6.07) is 0. The number of piperidine rings is 1. The molecular weight excluding hydrogens is 194 g/mol. The molecule has 0 aromatic heterocycles. The Labute approximate surface area is 91.5 Å². The van der Waals surface area contributed by atoms with Gasteiger partial charge in [-0.1, -0.05) is 6.42 Å². The molecule has 0 atom stereocenters. The van der Waals surface area contributed by atoms with Gasteiger partial charge in [-0.05, 0) is 32.9 Å². The van der Waals surface area contributed by atoms with Crippen LogP contribution in [0, 0.1) is 0 Å². The SMILES string of the molecule is CCOC(=O)COCCN1CCCCC1. The maximum atomic E-state index is 10.9. The van der Waals surface area contributed by atoms with E-state index >= 15 is 0 Å². The maximum absolute atomic E-state index is 10.9. The van der Waals surface area contributed by atoms with Crippen LogP contribution in [0.1, 0.15) is 26.2 Å². The summed E-state index contributed by atoms with van der Waals surface area (Å²) in [5.41, 5.74) is 0. The first-order valence-electron chi connectivity index (χ1n) is 5.78. The average Bonchev–Trinajstić information content (AvgIpc) is 2.26. The molecule has 1 aliphatic rings. The van der Waals surface area contributed by atoms with Gasteiger partial charge in [0.05, 0.1) is 13.2 Å². The average molecular weight is 215 g/mol. The van der Waals surface area contributed by atoms with Crippen LogP contribution in [-0.2, 0) is 14.3 Å². The second-order valence-electron chi connectivity index (χ2n) is 3.76. The molecule has 0 spiro atoms. The molecule has 0 bridgehead atoms. The first-order chi connectivity index (χ1) is 7.33. The van der Waals surface area contributed by atoms with Gasteiger partial charge in [0.1, 0.15) is 6.61 Å². The minimum Gasteiger partial charge on any atom is -0.464 e. The monoisotopic (exact) mass is 215 g/mol. The molecule has 4 nitrogen and oxygen atoms in total. The summed E-state index contributed by atoms with van der Waals surface area (Å²) in [5.74, 6) is -0.267. The summed E-state index contributed by atoms with van der Waals surface area (Å²) in [6.45, 7) is 6.20. The summed E-state index contributed by atoms with van der Waals surface area (Å²) >= 11 is 0. The number of carbonyl (C=O) groups is 1. The smallest absolute Gasteiger partial charge is 0.332 e. The third-order valence-electron chi connectivity index (χ3n) is 2.53. The number of rotatable bonds is 6. The number of nitrogens with zero attached hydrogens (tertiary/aromatic N) is 1. The van der Waals surface area contributed by atoms with Crippen molar-refractivity contribution in [1.29, 1.82) is 0 Å². The Hall–Kier alpha value is -0.610. The molecule has 0 aromatic carbocycles. The van der Waals surface area contributed by atoms with Gasteiger partial charge in [-0.3, -0.25) is 0 Å². The predicted octanol–water partition coefficient (Wildman–Crippen LogP) is 1.05. The highest BCUT2D eigenvalue weighted by atomic mass is 16.6. The molecule has 0 N–H and O–H groups in total. The quantitative estimate of drug-likeness (QED) is 0.490. The molecular formula is C11H21NO3. The molecule has 0 amide bonds. The lowest BCUT2D eigenvalue weighted by Crippen LogP contribution is -2.33. The molecule has 1 saturated heterocycles. The van der Waals surface area contributed by atoms with E-state index in [-0.39, 0.29) is 12.6 Å². The minimum absolute atomic E-state index is 0.0850. The van der Waals surface area contributed by atoms with Gasteiger partial charge < -0.3 is 14.4 Å². The summed E-state index contributed by atoms with van der Waals surface area (Å²) in [6.07, 6.45) is 3.93. The van der Waals surface area contributed by atoms with E-state index in [9.17, 15) is 4.79 Å². The molecule has 0 radical (unpaired) electrons. The van der Waals surface area contributed by atoms with E-state index in [1.165, 1.54) is 32.4 Å². The van der Waals surface area contributed by atoms with Crippen LogP contribution in [0.3, 0.4) is 0 Å². The van der Waals surface area contributed by atoms with Crippen LogP contribution in [-0.4, -0.2) is 50.3 Å².